The molecule has 2 aromatic carbocycles. The van der Waals surface area contributed by atoms with Gasteiger partial charge in [-0.3, -0.25) is 9.59 Å². The van der Waals surface area contributed by atoms with Crippen LogP contribution < -0.4 is 4.90 Å². The van der Waals surface area contributed by atoms with Gasteiger partial charge in [0.2, 0.25) is 5.91 Å². The van der Waals surface area contributed by atoms with Crippen LogP contribution in [0.3, 0.4) is 0 Å². The number of halogens is 1. The van der Waals surface area contributed by atoms with Gasteiger partial charge in [0.1, 0.15) is 0 Å². The molecule has 1 aliphatic rings. The smallest absolute Gasteiger partial charge is 0.223 e. The normalized spacial score (nSPS) is 14.3. The molecule has 1 fully saturated rings. The van der Waals surface area contributed by atoms with Gasteiger partial charge in [0.15, 0.2) is 5.78 Å². The maximum Gasteiger partial charge on any atom is 0.223 e. The third kappa shape index (κ3) is 4.89. The van der Waals surface area contributed by atoms with Crippen molar-refractivity contribution in [1.82, 2.24) is 4.90 Å². The van der Waals surface area contributed by atoms with Crippen LogP contribution in [0, 0.1) is 13.8 Å². The Kier molecular flexibility index (Phi) is 6.17. The fourth-order valence-electron chi connectivity index (χ4n) is 3.44. The first-order valence-corrected chi connectivity index (χ1v) is 9.70. The van der Waals surface area contributed by atoms with E-state index in [9.17, 15) is 9.59 Å². The Labute approximate surface area is 165 Å². The molecule has 1 saturated heterocycles. The first kappa shape index (κ1) is 19.4. The Morgan fingerprint density at radius 2 is 1.70 bits per heavy atom. The fourth-order valence-corrected chi connectivity index (χ4v) is 3.62. The molecule has 0 saturated carbocycles. The number of piperazine rings is 1. The maximum absolute atomic E-state index is 12.5. The van der Waals surface area contributed by atoms with Crippen molar-refractivity contribution in [1.29, 1.82) is 0 Å². The lowest BCUT2D eigenvalue weighted by Gasteiger charge is -2.36. The number of ketones is 1. The monoisotopic (exact) mass is 384 g/mol. The zero-order valence-corrected chi connectivity index (χ0v) is 16.6. The van der Waals surface area contributed by atoms with Crippen molar-refractivity contribution in [2.45, 2.75) is 26.7 Å². The number of hydrogen-bond acceptors (Lipinski definition) is 3. The highest BCUT2D eigenvalue weighted by Crippen LogP contribution is 2.21. The quantitative estimate of drug-likeness (QED) is 0.723. The standard InChI is InChI=1S/C22H25ClN2O2/c1-16-6-7-17(2)20(14-16)21(26)8-9-22(27)25-12-10-24(11-13-25)19-5-3-4-18(23)15-19/h3-7,14-15H,8-13H2,1-2H3. The van der Waals surface area contributed by atoms with E-state index >= 15 is 0 Å². The summed E-state index contributed by atoms with van der Waals surface area (Å²) in [6.07, 6.45) is 0.529. The van der Waals surface area contributed by atoms with Crippen molar-refractivity contribution in [2.75, 3.05) is 31.1 Å². The number of aryl methyl sites for hydroxylation is 2. The zero-order valence-electron chi connectivity index (χ0n) is 15.9. The average molecular weight is 385 g/mol. The first-order chi connectivity index (χ1) is 12.9. The van der Waals surface area contributed by atoms with Gasteiger partial charge in [0.25, 0.3) is 0 Å². The molecule has 0 radical (unpaired) electrons. The van der Waals surface area contributed by atoms with Gasteiger partial charge in [0, 0.05) is 55.3 Å². The molecule has 0 unspecified atom stereocenters. The number of carbonyl (C=O) groups excluding carboxylic acids is 2. The van der Waals surface area contributed by atoms with Gasteiger partial charge in [-0.1, -0.05) is 35.4 Å². The van der Waals surface area contributed by atoms with Gasteiger partial charge < -0.3 is 9.80 Å². The van der Waals surface area contributed by atoms with Crippen LogP contribution in [0.15, 0.2) is 42.5 Å². The van der Waals surface area contributed by atoms with Crippen molar-refractivity contribution in [2.24, 2.45) is 0 Å². The second-order valence-electron chi connectivity index (χ2n) is 7.09. The molecule has 1 heterocycles. The number of hydrogen-bond donors (Lipinski definition) is 0. The van der Waals surface area contributed by atoms with Gasteiger partial charge >= 0.3 is 0 Å². The van der Waals surface area contributed by atoms with Crippen molar-refractivity contribution < 1.29 is 9.59 Å². The van der Waals surface area contributed by atoms with E-state index in [1.54, 1.807) is 0 Å². The summed E-state index contributed by atoms with van der Waals surface area (Å²) in [5, 5.41) is 0.718. The molecule has 2 aromatic rings. The first-order valence-electron chi connectivity index (χ1n) is 9.33. The lowest BCUT2D eigenvalue weighted by atomic mass is 9.99. The van der Waals surface area contributed by atoms with Crippen LogP contribution in [-0.4, -0.2) is 42.8 Å². The third-order valence-corrected chi connectivity index (χ3v) is 5.30. The van der Waals surface area contributed by atoms with Crippen LogP contribution in [0.1, 0.15) is 34.3 Å². The fraction of sp³-hybridized carbons (Fsp3) is 0.364. The van der Waals surface area contributed by atoms with Crippen LogP contribution in [0.25, 0.3) is 0 Å². The Bertz CT molecular complexity index is 842. The Morgan fingerprint density at radius 3 is 2.41 bits per heavy atom. The average Bonchev–Trinajstić information content (AvgIpc) is 2.68. The number of Topliss-reactive ketones (excluding diaryl/α,β-unsaturated/α-hetero) is 1. The van der Waals surface area contributed by atoms with Crippen LogP contribution in [0.4, 0.5) is 5.69 Å². The minimum atomic E-state index is 0.0436. The number of nitrogens with zero attached hydrogens (tertiary/aromatic N) is 2. The van der Waals surface area contributed by atoms with E-state index in [4.69, 9.17) is 11.6 Å². The number of anilines is 1. The van der Waals surface area contributed by atoms with Gasteiger partial charge in [-0.25, -0.2) is 0 Å². The predicted octanol–water partition coefficient (Wildman–Crippen LogP) is 4.27. The van der Waals surface area contributed by atoms with Crippen LogP contribution in [-0.2, 0) is 4.79 Å². The second-order valence-corrected chi connectivity index (χ2v) is 7.53. The van der Waals surface area contributed by atoms with Gasteiger partial charge in [-0.2, -0.15) is 0 Å². The van der Waals surface area contributed by atoms with E-state index in [0.29, 0.717) is 13.1 Å². The molecule has 142 valence electrons. The van der Waals surface area contributed by atoms with Crippen LogP contribution >= 0.6 is 11.6 Å². The summed E-state index contributed by atoms with van der Waals surface area (Å²) < 4.78 is 0. The summed E-state index contributed by atoms with van der Waals surface area (Å²) in [6, 6.07) is 13.6. The molecule has 4 nitrogen and oxygen atoms in total. The van der Waals surface area contributed by atoms with E-state index in [-0.39, 0.29) is 24.5 Å². The summed E-state index contributed by atoms with van der Waals surface area (Å²) in [4.78, 5) is 29.1. The molecule has 0 bridgehead atoms. The van der Waals surface area contributed by atoms with E-state index in [1.165, 1.54) is 0 Å². The number of amides is 1. The summed E-state index contributed by atoms with van der Waals surface area (Å²) >= 11 is 6.06. The summed E-state index contributed by atoms with van der Waals surface area (Å²) in [7, 11) is 0. The summed E-state index contributed by atoms with van der Waals surface area (Å²) in [5.41, 5.74) is 3.84. The molecule has 27 heavy (non-hydrogen) atoms. The van der Waals surface area contributed by atoms with Crippen molar-refractivity contribution >= 4 is 29.0 Å². The SMILES string of the molecule is Cc1ccc(C)c(C(=O)CCC(=O)N2CCN(c3cccc(Cl)c3)CC2)c1. The molecule has 3 rings (SSSR count). The van der Waals surface area contributed by atoms with E-state index in [1.807, 2.05) is 61.2 Å². The largest absolute Gasteiger partial charge is 0.368 e. The Morgan fingerprint density at radius 1 is 0.963 bits per heavy atom. The summed E-state index contributed by atoms with van der Waals surface area (Å²) in [5.74, 6) is 0.0986. The van der Waals surface area contributed by atoms with E-state index in [2.05, 4.69) is 4.90 Å². The molecular formula is C22H25ClN2O2. The summed E-state index contributed by atoms with van der Waals surface area (Å²) in [6.45, 7) is 6.80. The maximum atomic E-state index is 12.5. The molecule has 0 N–H and O–H groups in total. The van der Waals surface area contributed by atoms with Crippen molar-refractivity contribution in [3.63, 3.8) is 0 Å². The Balaban J connectivity index is 1.51. The predicted molar refractivity (Wildman–Crippen MR) is 110 cm³/mol. The van der Waals surface area contributed by atoms with E-state index in [0.717, 1.165) is 40.5 Å². The molecule has 5 heteroatoms. The molecule has 0 spiro atoms. The van der Waals surface area contributed by atoms with Crippen LogP contribution in [0.5, 0.6) is 0 Å². The van der Waals surface area contributed by atoms with Gasteiger partial charge in [0.05, 0.1) is 0 Å². The highest BCUT2D eigenvalue weighted by Gasteiger charge is 2.22. The van der Waals surface area contributed by atoms with Crippen molar-refractivity contribution in [3.8, 4) is 0 Å². The molecule has 0 aromatic heterocycles. The van der Waals surface area contributed by atoms with Crippen molar-refractivity contribution in [3.05, 3.63) is 64.2 Å². The lowest BCUT2D eigenvalue weighted by Crippen LogP contribution is -2.48. The molecule has 1 amide bonds. The van der Waals surface area contributed by atoms with Gasteiger partial charge in [-0.05, 0) is 43.7 Å². The highest BCUT2D eigenvalue weighted by molar-refractivity contribution is 6.30. The molecule has 0 atom stereocenters. The topological polar surface area (TPSA) is 40.6 Å². The van der Waals surface area contributed by atoms with Gasteiger partial charge in [-0.15, -0.1) is 0 Å². The zero-order chi connectivity index (χ0) is 19.4. The number of rotatable bonds is 5. The molecule has 1 aliphatic heterocycles. The minimum Gasteiger partial charge on any atom is -0.368 e. The number of benzene rings is 2. The molecule has 0 aliphatic carbocycles. The highest BCUT2D eigenvalue weighted by atomic mass is 35.5. The molecular weight excluding hydrogens is 360 g/mol. The Hall–Kier alpha value is -2.33. The minimum absolute atomic E-state index is 0.0436. The van der Waals surface area contributed by atoms with Crippen LogP contribution in [0.2, 0.25) is 5.02 Å². The lowest BCUT2D eigenvalue weighted by molar-refractivity contribution is -0.131. The second kappa shape index (κ2) is 8.57. The third-order valence-electron chi connectivity index (χ3n) is 5.07. The van der Waals surface area contributed by atoms with E-state index < -0.39 is 0 Å². The number of carbonyl (C=O) groups is 2.